The molecule has 2 rings (SSSR count). The van der Waals surface area contributed by atoms with Crippen LogP contribution in [0.1, 0.15) is 11.6 Å². The monoisotopic (exact) mass is 306 g/mol. The van der Waals surface area contributed by atoms with E-state index in [9.17, 15) is 4.79 Å². The molecule has 0 saturated carbocycles. The standard InChI is InChI=1S/C12H15ClN2OS.ClH/c13-10-3-1-9(2-4-10)11-8-17-6-5-15(11)12(16)7-14;/h1-4,11H,5-8,14H2;1H. The zero-order chi connectivity index (χ0) is 12.3. The van der Waals surface area contributed by atoms with Gasteiger partial charge in [-0.15, -0.1) is 12.4 Å². The van der Waals surface area contributed by atoms with Crippen LogP contribution in [-0.4, -0.2) is 35.4 Å². The summed E-state index contributed by atoms with van der Waals surface area (Å²) >= 11 is 7.74. The lowest BCUT2D eigenvalue weighted by molar-refractivity contribution is -0.131. The molecular formula is C12H16Cl2N2OS. The molecule has 0 radical (unpaired) electrons. The number of nitrogens with zero attached hydrogens (tertiary/aromatic N) is 1. The highest BCUT2D eigenvalue weighted by molar-refractivity contribution is 7.99. The Hall–Kier alpha value is -0.420. The van der Waals surface area contributed by atoms with E-state index in [4.69, 9.17) is 17.3 Å². The lowest BCUT2D eigenvalue weighted by Crippen LogP contribution is -2.43. The summed E-state index contributed by atoms with van der Waals surface area (Å²) < 4.78 is 0. The van der Waals surface area contributed by atoms with Crippen LogP contribution in [0.25, 0.3) is 0 Å². The SMILES string of the molecule is Cl.NCC(=O)N1CCSCC1c1ccc(Cl)cc1. The van der Waals surface area contributed by atoms with Crippen LogP contribution in [0.4, 0.5) is 0 Å². The van der Waals surface area contributed by atoms with Crippen LogP contribution < -0.4 is 5.73 Å². The fourth-order valence-electron chi connectivity index (χ4n) is 1.98. The molecule has 18 heavy (non-hydrogen) atoms. The summed E-state index contributed by atoms with van der Waals surface area (Å²) in [6.07, 6.45) is 0. The van der Waals surface area contributed by atoms with Gasteiger partial charge in [0.15, 0.2) is 0 Å². The summed E-state index contributed by atoms with van der Waals surface area (Å²) in [6, 6.07) is 7.82. The predicted octanol–water partition coefficient (Wildman–Crippen LogP) is 2.34. The average molecular weight is 307 g/mol. The molecule has 1 atom stereocenters. The van der Waals surface area contributed by atoms with Crippen molar-refractivity contribution in [3.63, 3.8) is 0 Å². The van der Waals surface area contributed by atoms with Crippen LogP contribution in [0.15, 0.2) is 24.3 Å². The molecule has 0 bridgehead atoms. The Morgan fingerprint density at radius 3 is 2.72 bits per heavy atom. The molecule has 100 valence electrons. The molecule has 1 aliphatic heterocycles. The van der Waals surface area contributed by atoms with Crippen LogP contribution in [0.2, 0.25) is 5.02 Å². The van der Waals surface area contributed by atoms with Gasteiger partial charge in [0, 0.05) is 23.1 Å². The Bertz CT molecular complexity index is 400. The Kier molecular flexibility index (Phi) is 6.29. The summed E-state index contributed by atoms with van der Waals surface area (Å²) in [5.74, 6) is 1.92. The van der Waals surface area contributed by atoms with Gasteiger partial charge in [0.1, 0.15) is 0 Å². The van der Waals surface area contributed by atoms with E-state index in [1.807, 2.05) is 40.9 Å². The molecule has 0 aromatic heterocycles. The summed E-state index contributed by atoms with van der Waals surface area (Å²) in [5.41, 5.74) is 6.58. The van der Waals surface area contributed by atoms with Crippen molar-refractivity contribution in [1.82, 2.24) is 4.90 Å². The maximum Gasteiger partial charge on any atom is 0.236 e. The molecule has 1 unspecified atom stereocenters. The summed E-state index contributed by atoms with van der Waals surface area (Å²) in [5, 5.41) is 0.717. The minimum atomic E-state index is 0. The number of amides is 1. The zero-order valence-corrected chi connectivity index (χ0v) is 12.2. The highest BCUT2D eigenvalue weighted by Crippen LogP contribution is 2.30. The first-order chi connectivity index (χ1) is 8.22. The van der Waals surface area contributed by atoms with Crippen molar-refractivity contribution in [3.8, 4) is 0 Å². The van der Waals surface area contributed by atoms with Gasteiger partial charge in [-0.1, -0.05) is 23.7 Å². The number of rotatable bonds is 2. The maximum atomic E-state index is 11.8. The molecular weight excluding hydrogens is 291 g/mol. The molecule has 3 nitrogen and oxygen atoms in total. The third-order valence-electron chi connectivity index (χ3n) is 2.88. The summed E-state index contributed by atoms with van der Waals surface area (Å²) in [4.78, 5) is 13.7. The second-order valence-corrected chi connectivity index (χ2v) is 5.52. The first kappa shape index (κ1) is 15.6. The van der Waals surface area contributed by atoms with Gasteiger partial charge in [0.05, 0.1) is 12.6 Å². The molecule has 1 fully saturated rings. The van der Waals surface area contributed by atoms with Crippen molar-refractivity contribution in [3.05, 3.63) is 34.9 Å². The molecule has 2 N–H and O–H groups in total. The van der Waals surface area contributed by atoms with Crippen molar-refractivity contribution in [2.45, 2.75) is 6.04 Å². The van der Waals surface area contributed by atoms with E-state index in [1.54, 1.807) is 0 Å². The summed E-state index contributed by atoms with van der Waals surface area (Å²) in [7, 11) is 0. The van der Waals surface area contributed by atoms with Crippen molar-refractivity contribution in [2.75, 3.05) is 24.6 Å². The van der Waals surface area contributed by atoms with Crippen molar-refractivity contribution >= 4 is 41.7 Å². The molecule has 6 heteroatoms. The van der Waals surface area contributed by atoms with Gasteiger partial charge < -0.3 is 10.6 Å². The van der Waals surface area contributed by atoms with E-state index >= 15 is 0 Å². The number of hydrogen-bond donors (Lipinski definition) is 1. The zero-order valence-electron chi connectivity index (χ0n) is 9.84. The van der Waals surface area contributed by atoms with Crippen LogP contribution >= 0.6 is 35.8 Å². The van der Waals surface area contributed by atoms with Crippen LogP contribution in [0.5, 0.6) is 0 Å². The topological polar surface area (TPSA) is 46.3 Å². The number of nitrogens with two attached hydrogens (primary N) is 1. The normalized spacial score (nSPS) is 19.2. The van der Waals surface area contributed by atoms with Gasteiger partial charge in [-0.05, 0) is 17.7 Å². The maximum absolute atomic E-state index is 11.8. The molecule has 1 amide bonds. The van der Waals surface area contributed by atoms with Crippen molar-refractivity contribution in [1.29, 1.82) is 0 Å². The van der Waals surface area contributed by atoms with Crippen LogP contribution in [-0.2, 0) is 4.79 Å². The summed E-state index contributed by atoms with van der Waals surface area (Å²) in [6.45, 7) is 0.850. The Labute approximate surface area is 122 Å². The van der Waals surface area contributed by atoms with Gasteiger partial charge in [-0.2, -0.15) is 11.8 Å². The molecule has 1 aliphatic rings. The van der Waals surface area contributed by atoms with E-state index in [1.165, 1.54) is 0 Å². The largest absolute Gasteiger partial charge is 0.333 e. The average Bonchev–Trinajstić information content (AvgIpc) is 2.39. The second kappa shape index (κ2) is 7.24. The van der Waals surface area contributed by atoms with Crippen molar-refractivity contribution in [2.24, 2.45) is 5.73 Å². The second-order valence-electron chi connectivity index (χ2n) is 3.93. The third kappa shape index (κ3) is 3.54. The first-order valence-electron chi connectivity index (χ1n) is 5.55. The van der Waals surface area contributed by atoms with Crippen molar-refractivity contribution < 1.29 is 4.79 Å². The van der Waals surface area contributed by atoms with E-state index in [2.05, 4.69) is 0 Å². The van der Waals surface area contributed by atoms with Gasteiger partial charge in [-0.3, -0.25) is 4.79 Å². The smallest absolute Gasteiger partial charge is 0.236 e. The van der Waals surface area contributed by atoms with Gasteiger partial charge in [-0.25, -0.2) is 0 Å². The first-order valence-corrected chi connectivity index (χ1v) is 7.08. The highest BCUT2D eigenvalue weighted by Gasteiger charge is 2.27. The van der Waals surface area contributed by atoms with Crippen LogP contribution in [0.3, 0.4) is 0 Å². The number of hydrogen-bond acceptors (Lipinski definition) is 3. The minimum absolute atomic E-state index is 0. The Morgan fingerprint density at radius 1 is 1.44 bits per heavy atom. The number of benzene rings is 1. The Morgan fingerprint density at radius 2 is 2.11 bits per heavy atom. The fourth-order valence-corrected chi connectivity index (χ4v) is 3.19. The molecule has 1 heterocycles. The molecule has 1 aromatic rings. The predicted molar refractivity (Wildman–Crippen MR) is 79.5 cm³/mol. The van der Waals surface area contributed by atoms with E-state index in [0.717, 1.165) is 23.6 Å². The van der Waals surface area contributed by atoms with Crippen LogP contribution in [0, 0.1) is 0 Å². The van der Waals surface area contributed by atoms with E-state index in [0.29, 0.717) is 5.02 Å². The molecule has 0 spiro atoms. The number of carbonyl (C=O) groups excluding carboxylic acids is 1. The molecule has 1 aromatic carbocycles. The quantitative estimate of drug-likeness (QED) is 0.912. The highest BCUT2D eigenvalue weighted by atomic mass is 35.5. The number of thioether (sulfide) groups is 1. The molecule has 0 aliphatic carbocycles. The van der Waals surface area contributed by atoms with E-state index < -0.39 is 0 Å². The lowest BCUT2D eigenvalue weighted by atomic mass is 10.1. The fraction of sp³-hybridized carbons (Fsp3) is 0.417. The third-order valence-corrected chi connectivity index (χ3v) is 4.15. The van der Waals surface area contributed by atoms with Gasteiger partial charge in [0.25, 0.3) is 0 Å². The van der Waals surface area contributed by atoms with Gasteiger partial charge >= 0.3 is 0 Å². The van der Waals surface area contributed by atoms with E-state index in [-0.39, 0.29) is 30.9 Å². The minimum Gasteiger partial charge on any atom is -0.333 e. The number of halogens is 2. The number of carbonyl (C=O) groups is 1. The lowest BCUT2D eigenvalue weighted by Gasteiger charge is -2.35. The Balaban J connectivity index is 0.00000162. The van der Waals surface area contributed by atoms with Gasteiger partial charge in [0.2, 0.25) is 5.91 Å². The molecule has 1 saturated heterocycles.